The summed E-state index contributed by atoms with van der Waals surface area (Å²) in [6, 6.07) is 9.13. The monoisotopic (exact) mass is 557 g/mol. The molecule has 1 unspecified atom stereocenters. The molecule has 0 aliphatic rings. The van der Waals surface area contributed by atoms with E-state index in [9.17, 15) is 14.3 Å². The summed E-state index contributed by atoms with van der Waals surface area (Å²) >= 11 is 23.0. The van der Waals surface area contributed by atoms with E-state index in [2.05, 4.69) is 5.32 Å². The third-order valence-corrected chi connectivity index (χ3v) is 7.56. The summed E-state index contributed by atoms with van der Waals surface area (Å²) in [5.41, 5.74) is 1.54. The van der Waals surface area contributed by atoms with Crippen LogP contribution in [0.15, 0.2) is 36.4 Å². The minimum atomic E-state index is -3.49. The van der Waals surface area contributed by atoms with Crippen molar-refractivity contribution in [3.8, 4) is 0 Å². The quantitative estimate of drug-likeness (QED) is 0.127. The van der Waals surface area contributed by atoms with Gasteiger partial charge in [-0.1, -0.05) is 58.5 Å². The number of rotatable bonds is 12. The highest BCUT2D eigenvalue weighted by molar-refractivity contribution is 7.58. The number of aldehydes is 1. The van der Waals surface area contributed by atoms with Crippen molar-refractivity contribution in [1.82, 2.24) is 5.32 Å². The van der Waals surface area contributed by atoms with Gasteiger partial charge in [-0.25, -0.2) is 0 Å². The Bertz CT molecular complexity index is 926. The van der Waals surface area contributed by atoms with Gasteiger partial charge in [0.25, 0.3) is 7.37 Å². The molecule has 0 fully saturated rings. The summed E-state index contributed by atoms with van der Waals surface area (Å²) in [7, 11) is -3.49. The van der Waals surface area contributed by atoms with Crippen molar-refractivity contribution in [2.24, 2.45) is 0 Å². The summed E-state index contributed by atoms with van der Waals surface area (Å²) in [5, 5.41) is 5.12. The zero-order valence-corrected chi connectivity index (χ0v) is 22.3. The van der Waals surface area contributed by atoms with Crippen molar-refractivity contribution < 1.29 is 23.7 Å². The Labute approximate surface area is 214 Å². The topological polar surface area (TPSA) is 84.9 Å². The first-order valence-electron chi connectivity index (χ1n) is 10.2. The van der Waals surface area contributed by atoms with E-state index in [0.717, 1.165) is 11.8 Å². The maximum Gasteiger partial charge on any atom is 0.255 e. The molecule has 11 heteroatoms. The fraction of sp³-hybridized carbons (Fsp3) is 0.409. The van der Waals surface area contributed by atoms with Crippen LogP contribution in [-0.2, 0) is 20.6 Å². The van der Waals surface area contributed by atoms with E-state index < -0.39 is 13.4 Å². The van der Waals surface area contributed by atoms with E-state index in [1.807, 2.05) is 6.07 Å². The van der Waals surface area contributed by atoms with Gasteiger partial charge in [0.1, 0.15) is 6.29 Å². The number of ether oxygens (including phenoxy) is 2. The van der Waals surface area contributed by atoms with Crippen molar-refractivity contribution in [2.75, 3.05) is 25.9 Å². The molecule has 2 aromatic rings. The molecule has 2 aromatic carbocycles. The Balaban J connectivity index is 0.000000451. The van der Waals surface area contributed by atoms with Crippen LogP contribution in [0.25, 0.3) is 0 Å². The maximum atomic E-state index is 12.3. The molecule has 0 saturated carbocycles. The molecule has 0 heterocycles. The summed E-state index contributed by atoms with van der Waals surface area (Å²) in [6.07, 6.45) is 1.42. The molecule has 0 saturated heterocycles. The first-order chi connectivity index (χ1) is 15.6. The molecule has 0 spiro atoms. The Morgan fingerprint density at radius 1 is 0.970 bits per heavy atom. The van der Waals surface area contributed by atoms with Gasteiger partial charge >= 0.3 is 0 Å². The SMILES string of the molecule is CCOC(OCC)P(=O)(O)CCCNCc1ccc(Cl)c(Cl)c1.O=Cc1ccc(Cl)c(Cl)c1. The lowest BCUT2D eigenvalue weighted by atomic mass is 10.2. The molecule has 2 N–H and O–H groups in total. The standard InChI is InChI=1S/C15H24Cl2NO4P.C7H4Cl2O/c1-3-21-15(22-4-2)23(19,20)9-5-8-18-11-12-6-7-13(16)14(17)10-12;8-6-2-1-5(4-10)3-7(6)9/h6-7,10,15,18H,3-5,8-9,11H2,1-2H3,(H,19,20);1-4H. The van der Waals surface area contributed by atoms with Crippen LogP contribution in [0.3, 0.4) is 0 Å². The second kappa shape index (κ2) is 16.1. The Morgan fingerprint density at radius 2 is 1.55 bits per heavy atom. The van der Waals surface area contributed by atoms with Crippen LogP contribution in [0.2, 0.25) is 20.1 Å². The van der Waals surface area contributed by atoms with E-state index in [1.165, 1.54) is 6.07 Å². The molecule has 0 aliphatic carbocycles. The van der Waals surface area contributed by atoms with Gasteiger partial charge in [0.2, 0.25) is 6.03 Å². The van der Waals surface area contributed by atoms with Gasteiger partial charge in [-0.2, -0.15) is 0 Å². The van der Waals surface area contributed by atoms with Gasteiger partial charge in [-0.05, 0) is 56.6 Å². The molecular weight excluding hydrogens is 531 g/mol. The summed E-state index contributed by atoms with van der Waals surface area (Å²) in [4.78, 5) is 20.2. The van der Waals surface area contributed by atoms with Gasteiger partial charge in [0.15, 0.2) is 0 Å². The number of hydrogen-bond donors (Lipinski definition) is 2. The molecule has 1 atom stereocenters. The van der Waals surface area contributed by atoms with E-state index in [1.54, 1.807) is 38.1 Å². The third-order valence-electron chi connectivity index (χ3n) is 4.17. The second-order valence-corrected chi connectivity index (χ2v) is 10.8. The number of hydrogen-bond acceptors (Lipinski definition) is 5. The summed E-state index contributed by atoms with van der Waals surface area (Å²) in [6.45, 7) is 5.44. The summed E-state index contributed by atoms with van der Waals surface area (Å²) in [5.74, 6) is 0. The normalized spacial score (nSPS) is 12.7. The molecule has 33 heavy (non-hydrogen) atoms. The minimum Gasteiger partial charge on any atom is -0.345 e. The number of carbonyl (C=O) groups excluding carboxylic acids is 1. The highest BCUT2D eigenvalue weighted by Crippen LogP contribution is 2.47. The van der Waals surface area contributed by atoms with Gasteiger partial charge in [-0.3, -0.25) is 9.36 Å². The Morgan fingerprint density at radius 3 is 2.06 bits per heavy atom. The number of carbonyl (C=O) groups is 1. The van der Waals surface area contributed by atoms with Crippen molar-refractivity contribution in [3.05, 3.63) is 67.6 Å². The van der Waals surface area contributed by atoms with Crippen LogP contribution in [0.5, 0.6) is 0 Å². The highest BCUT2D eigenvalue weighted by Gasteiger charge is 2.31. The van der Waals surface area contributed by atoms with Crippen molar-refractivity contribution in [2.45, 2.75) is 32.8 Å². The molecule has 0 aromatic heterocycles. The lowest BCUT2D eigenvalue weighted by Crippen LogP contribution is -2.21. The fourth-order valence-corrected chi connectivity index (χ4v) is 4.78. The number of halogens is 4. The van der Waals surface area contributed by atoms with E-state index in [4.69, 9.17) is 55.9 Å². The largest absolute Gasteiger partial charge is 0.345 e. The van der Waals surface area contributed by atoms with Gasteiger partial charge in [-0.15, -0.1) is 0 Å². The van der Waals surface area contributed by atoms with Crippen LogP contribution >= 0.6 is 53.8 Å². The lowest BCUT2D eigenvalue weighted by Gasteiger charge is -2.22. The maximum absolute atomic E-state index is 12.3. The first kappa shape index (κ1) is 30.4. The van der Waals surface area contributed by atoms with Crippen molar-refractivity contribution in [3.63, 3.8) is 0 Å². The van der Waals surface area contributed by atoms with Crippen molar-refractivity contribution >= 4 is 60.1 Å². The van der Waals surface area contributed by atoms with Crippen LogP contribution in [0, 0.1) is 0 Å². The Hall–Kier alpha value is -0.660. The van der Waals surface area contributed by atoms with E-state index in [-0.39, 0.29) is 6.16 Å². The fourth-order valence-electron chi connectivity index (χ4n) is 2.57. The number of benzene rings is 2. The molecule has 2 rings (SSSR count). The van der Waals surface area contributed by atoms with Crippen LogP contribution < -0.4 is 5.32 Å². The molecule has 0 aliphatic heterocycles. The van der Waals surface area contributed by atoms with Gasteiger partial charge in [0, 0.05) is 31.5 Å². The molecule has 0 bridgehead atoms. The average molecular weight is 559 g/mol. The zero-order valence-electron chi connectivity index (χ0n) is 18.4. The first-order valence-corrected chi connectivity index (χ1v) is 13.7. The average Bonchev–Trinajstić information content (AvgIpc) is 2.78. The third kappa shape index (κ3) is 11.5. The van der Waals surface area contributed by atoms with Gasteiger partial charge < -0.3 is 19.7 Å². The predicted molar refractivity (Wildman–Crippen MR) is 136 cm³/mol. The van der Waals surface area contributed by atoms with Crippen LogP contribution in [0.1, 0.15) is 36.2 Å². The van der Waals surface area contributed by atoms with Crippen LogP contribution in [-0.4, -0.2) is 43.1 Å². The molecular formula is C22H28Cl4NO5P. The second-order valence-electron chi connectivity index (χ2n) is 6.77. The van der Waals surface area contributed by atoms with E-state index >= 15 is 0 Å². The lowest BCUT2D eigenvalue weighted by molar-refractivity contribution is -0.0871. The number of nitrogens with one attached hydrogen (secondary N) is 1. The summed E-state index contributed by atoms with van der Waals surface area (Å²) < 4.78 is 22.7. The van der Waals surface area contributed by atoms with E-state index in [0.29, 0.717) is 58.4 Å². The minimum absolute atomic E-state index is 0.145. The molecule has 0 amide bonds. The molecule has 6 nitrogen and oxygen atoms in total. The van der Waals surface area contributed by atoms with Gasteiger partial charge in [0.05, 0.1) is 20.1 Å². The van der Waals surface area contributed by atoms with Crippen LogP contribution in [0.4, 0.5) is 0 Å². The molecule has 0 radical (unpaired) electrons. The Kier molecular flexibility index (Phi) is 14.8. The zero-order chi connectivity index (χ0) is 24.9. The highest BCUT2D eigenvalue weighted by atomic mass is 35.5. The predicted octanol–water partition coefficient (Wildman–Crippen LogP) is 6.91. The molecule has 184 valence electrons. The smallest absolute Gasteiger partial charge is 0.255 e. The van der Waals surface area contributed by atoms with Crippen molar-refractivity contribution in [1.29, 1.82) is 0 Å².